The lowest BCUT2D eigenvalue weighted by molar-refractivity contribution is -0.118. The topological polar surface area (TPSA) is 112 Å². The van der Waals surface area contributed by atoms with E-state index in [1.54, 1.807) is 16.8 Å². The zero-order chi connectivity index (χ0) is 27.0. The summed E-state index contributed by atoms with van der Waals surface area (Å²) < 4.78 is 18.2. The SMILES string of the molecule is C=CC(=O)N[C@H]1COCC[C@H]1Nc1cc2c(cn1)cc(-c1c(Cl)c(OC)cc(OC)c1Cl)c1nc(C)nn12. The van der Waals surface area contributed by atoms with Gasteiger partial charge in [0.2, 0.25) is 5.91 Å². The first-order valence-electron chi connectivity index (χ1n) is 11.9. The van der Waals surface area contributed by atoms with Gasteiger partial charge in [-0.3, -0.25) is 4.79 Å². The molecule has 0 bridgehead atoms. The van der Waals surface area contributed by atoms with Crippen LogP contribution in [0.3, 0.4) is 0 Å². The Morgan fingerprint density at radius 2 is 1.92 bits per heavy atom. The van der Waals surface area contributed by atoms with Crippen LogP contribution in [0.1, 0.15) is 12.2 Å². The maximum Gasteiger partial charge on any atom is 0.243 e. The fourth-order valence-electron chi connectivity index (χ4n) is 4.60. The molecule has 2 atom stereocenters. The number of benzene rings is 1. The Kier molecular flexibility index (Phi) is 7.29. The average Bonchev–Trinajstić information content (AvgIpc) is 3.32. The standard InChI is InChI=1S/C26H26Cl2N6O4/c1-5-22(35)32-17-12-38-7-6-16(17)31-21-9-18-14(11-29-21)8-15(26-30-13(2)33-34(18)26)23-24(27)19(36-3)10-20(37-4)25(23)28/h5,8-11,16-17H,1,6-7,12H2,2-4H3,(H,29,31)(H,32,35)/t16-,17+/m1/s1. The third-order valence-corrected chi connectivity index (χ3v) is 7.19. The number of pyridine rings is 2. The van der Waals surface area contributed by atoms with Gasteiger partial charge in [0.1, 0.15) is 23.1 Å². The van der Waals surface area contributed by atoms with Gasteiger partial charge in [0.05, 0.1) is 48.5 Å². The van der Waals surface area contributed by atoms with Gasteiger partial charge >= 0.3 is 0 Å². The molecule has 198 valence electrons. The normalized spacial score (nSPS) is 17.4. The third kappa shape index (κ3) is 4.70. The summed E-state index contributed by atoms with van der Waals surface area (Å²) in [6.07, 6.45) is 3.69. The van der Waals surface area contributed by atoms with E-state index in [4.69, 9.17) is 37.4 Å². The highest BCUT2D eigenvalue weighted by Gasteiger charge is 2.28. The van der Waals surface area contributed by atoms with E-state index < -0.39 is 0 Å². The van der Waals surface area contributed by atoms with Gasteiger partial charge in [-0.25, -0.2) is 14.5 Å². The van der Waals surface area contributed by atoms with E-state index >= 15 is 0 Å². The number of halogens is 2. The number of carbonyl (C=O) groups excluding carboxylic acids is 1. The van der Waals surface area contributed by atoms with Gasteiger partial charge in [0, 0.05) is 41.4 Å². The molecule has 2 N–H and O–H groups in total. The van der Waals surface area contributed by atoms with Crippen LogP contribution in [0.25, 0.3) is 27.7 Å². The van der Waals surface area contributed by atoms with Crippen LogP contribution in [0.15, 0.2) is 37.1 Å². The predicted molar refractivity (Wildman–Crippen MR) is 147 cm³/mol. The molecule has 0 aliphatic carbocycles. The second-order valence-corrected chi connectivity index (χ2v) is 9.55. The lowest BCUT2D eigenvalue weighted by atomic mass is 10.0. The van der Waals surface area contributed by atoms with E-state index in [-0.39, 0.29) is 18.0 Å². The maximum absolute atomic E-state index is 11.9. The Labute approximate surface area is 228 Å². The number of methoxy groups -OCH3 is 2. The summed E-state index contributed by atoms with van der Waals surface area (Å²) in [5.74, 6) is 1.79. The van der Waals surface area contributed by atoms with Gasteiger partial charge in [0.15, 0.2) is 5.65 Å². The van der Waals surface area contributed by atoms with E-state index in [9.17, 15) is 4.79 Å². The highest BCUT2D eigenvalue weighted by molar-refractivity contribution is 6.41. The molecule has 0 radical (unpaired) electrons. The molecule has 1 saturated heterocycles. The molecule has 12 heteroatoms. The summed E-state index contributed by atoms with van der Waals surface area (Å²) in [6, 6.07) is 5.16. The minimum atomic E-state index is -0.252. The van der Waals surface area contributed by atoms with Crippen LogP contribution in [0.2, 0.25) is 10.0 Å². The smallest absolute Gasteiger partial charge is 0.243 e. The highest BCUT2D eigenvalue weighted by Crippen LogP contribution is 2.47. The van der Waals surface area contributed by atoms with Gasteiger partial charge in [0.25, 0.3) is 0 Å². The van der Waals surface area contributed by atoms with Crippen LogP contribution < -0.4 is 20.1 Å². The summed E-state index contributed by atoms with van der Waals surface area (Å²) in [6.45, 7) is 6.31. The molecule has 4 aromatic rings. The van der Waals surface area contributed by atoms with Crippen LogP contribution in [0, 0.1) is 6.92 Å². The summed E-state index contributed by atoms with van der Waals surface area (Å²) >= 11 is 13.5. The molecule has 10 nitrogen and oxygen atoms in total. The van der Waals surface area contributed by atoms with Crippen molar-refractivity contribution in [3.05, 3.63) is 52.9 Å². The van der Waals surface area contributed by atoms with Crippen LogP contribution in [-0.2, 0) is 9.53 Å². The number of carbonyl (C=O) groups is 1. The first-order chi connectivity index (χ1) is 18.3. The van der Waals surface area contributed by atoms with E-state index in [0.717, 1.165) is 10.9 Å². The molecule has 1 aromatic carbocycles. The second kappa shape index (κ2) is 10.6. The number of anilines is 1. The zero-order valence-electron chi connectivity index (χ0n) is 21.0. The lowest BCUT2D eigenvalue weighted by Crippen LogP contribution is -2.52. The Morgan fingerprint density at radius 1 is 1.18 bits per heavy atom. The summed E-state index contributed by atoms with van der Waals surface area (Å²) in [4.78, 5) is 21.2. The quantitative estimate of drug-likeness (QED) is 0.321. The minimum absolute atomic E-state index is 0.0771. The van der Waals surface area contributed by atoms with E-state index in [1.807, 2.05) is 19.1 Å². The molecule has 5 rings (SSSR count). The number of ether oxygens (including phenoxy) is 3. The summed E-state index contributed by atoms with van der Waals surface area (Å²) in [7, 11) is 3.06. The van der Waals surface area contributed by atoms with Crippen molar-refractivity contribution >= 4 is 51.5 Å². The van der Waals surface area contributed by atoms with Crippen LogP contribution in [0.4, 0.5) is 5.82 Å². The van der Waals surface area contributed by atoms with Crippen molar-refractivity contribution in [2.45, 2.75) is 25.4 Å². The maximum atomic E-state index is 11.9. The van der Waals surface area contributed by atoms with Crippen molar-refractivity contribution in [3.8, 4) is 22.6 Å². The van der Waals surface area contributed by atoms with Gasteiger partial charge in [-0.1, -0.05) is 29.8 Å². The molecule has 1 aliphatic rings. The second-order valence-electron chi connectivity index (χ2n) is 8.80. The number of nitrogens with one attached hydrogen (secondary N) is 2. The third-order valence-electron chi connectivity index (χ3n) is 6.44. The molecule has 38 heavy (non-hydrogen) atoms. The molecule has 1 fully saturated rings. The highest BCUT2D eigenvalue weighted by atomic mass is 35.5. The molecular formula is C26H26Cl2N6O4. The molecule has 1 aliphatic heterocycles. The predicted octanol–water partition coefficient (Wildman–Crippen LogP) is 4.45. The van der Waals surface area contributed by atoms with Crippen LogP contribution in [-0.4, -0.2) is 65.0 Å². The first-order valence-corrected chi connectivity index (χ1v) is 12.6. The number of amides is 1. The van der Waals surface area contributed by atoms with Gasteiger partial charge in [-0.05, 0) is 25.5 Å². The Bertz CT molecular complexity index is 1530. The lowest BCUT2D eigenvalue weighted by Gasteiger charge is -2.32. The van der Waals surface area contributed by atoms with Gasteiger partial charge in [-0.15, -0.1) is 0 Å². The summed E-state index contributed by atoms with van der Waals surface area (Å²) in [5, 5.41) is 12.5. The van der Waals surface area contributed by atoms with Crippen molar-refractivity contribution in [2.24, 2.45) is 0 Å². The molecule has 0 saturated carbocycles. The number of hydrogen-bond acceptors (Lipinski definition) is 8. The number of hydrogen-bond donors (Lipinski definition) is 2. The number of aromatic nitrogens is 4. The largest absolute Gasteiger partial charge is 0.495 e. The fourth-order valence-corrected chi connectivity index (χ4v) is 5.30. The number of aryl methyl sites for hydroxylation is 1. The van der Waals surface area contributed by atoms with E-state index in [0.29, 0.717) is 69.6 Å². The van der Waals surface area contributed by atoms with E-state index in [2.05, 4.69) is 32.3 Å². The first kappa shape index (κ1) is 26.0. The summed E-state index contributed by atoms with van der Waals surface area (Å²) in [5.41, 5.74) is 2.52. The number of nitrogens with zero attached hydrogens (tertiary/aromatic N) is 4. The Morgan fingerprint density at radius 3 is 2.61 bits per heavy atom. The average molecular weight is 557 g/mol. The van der Waals surface area contributed by atoms with Crippen molar-refractivity contribution in [1.82, 2.24) is 24.9 Å². The van der Waals surface area contributed by atoms with Crippen molar-refractivity contribution in [1.29, 1.82) is 0 Å². The Hall–Kier alpha value is -3.60. The molecule has 3 aromatic heterocycles. The minimum Gasteiger partial charge on any atom is -0.495 e. The monoisotopic (exact) mass is 556 g/mol. The fraction of sp³-hybridized carbons (Fsp3) is 0.308. The van der Waals surface area contributed by atoms with Gasteiger partial charge < -0.3 is 24.8 Å². The van der Waals surface area contributed by atoms with Crippen molar-refractivity contribution in [3.63, 3.8) is 0 Å². The molecule has 4 heterocycles. The molecule has 0 unspecified atom stereocenters. The Balaban J connectivity index is 1.61. The van der Waals surface area contributed by atoms with E-state index in [1.165, 1.54) is 20.3 Å². The number of fused-ring (bicyclic) bond motifs is 3. The number of rotatable bonds is 7. The van der Waals surface area contributed by atoms with Crippen LogP contribution >= 0.6 is 23.2 Å². The van der Waals surface area contributed by atoms with Gasteiger partial charge in [-0.2, -0.15) is 5.10 Å². The zero-order valence-corrected chi connectivity index (χ0v) is 22.6. The molecule has 0 spiro atoms. The molecular weight excluding hydrogens is 531 g/mol. The van der Waals surface area contributed by atoms with Crippen LogP contribution in [0.5, 0.6) is 11.5 Å². The van der Waals surface area contributed by atoms with Crippen molar-refractivity contribution in [2.75, 3.05) is 32.8 Å². The van der Waals surface area contributed by atoms with Crippen molar-refractivity contribution < 1.29 is 19.0 Å². The molecule has 1 amide bonds.